The molecule has 0 atom stereocenters. The van der Waals surface area contributed by atoms with E-state index in [4.69, 9.17) is 0 Å². The van der Waals surface area contributed by atoms with Crippen LogP contribution in [0.2, 0.25) is 0 Å². The number of aromatic nitrogens is 2. The van der Waals surface area contributed by atoms with Gasteiger partial charge in [0.2, 0.25) is 0 Å². The van der Waals surface area contributed by atoms with Crippen molar-refractivity contribution in [1.29, 1.82) is 0 Å². The summed E-state index contributed by atoms with van der Waals surface area (Å²) < 4.78 is 4.87. The Bertz CT molecular complexity index is 2800. The van der Waals surface area contributed by atoms with Gasteiger partial charge in [-0.05, 0) is 81.6 Å². The van der Waals surface area contributed by atoms with Gasteiger partial charge in [0.25, 0.3) is 0 Å². The third kappa shape index (κ3) is 4.42. The molecule has 0 spiro atoms. The van der Waals surface area contributed by atoms with Crippen LogP contribution in [0.3, 0.4) is 0 Å². The molecule has 2 heterocycles. The first kappa shape index (κ1) is 28.8. The van der Waals surface area contributed by atoms with E-state index in [1.54, 1.807) is 0 Å². The van der Waals surface area contributed by atoms with Crippen molar-refractivity contribution in [2.45, 2.75) is 7.43 Å². The lowest BCUT2D eigenvalue weighted by atomic mass is 9.94. The molecule has 0 fully saturated rings. The fraction of sp³-hybridized carbons (Fsp3) is 0.0213. The fourth-order valence-electron chi connectivity index (χ4n) is 7.78. The predicted molar refractivity (Wildman–Crippen MR) is 210 cm³/mol. The highest BCUT2D eigenvalue weighted by atomic mass is 15.0. The summed E-state index contributed by atoms with van der Waals surface area (Å²) in [5.74, 6) is 0. The van der Waals surface area contributed by atoms with E-state index in [2.05, 4.69) is 191 Å². The molecule has 2 nitrogen and oxygen atoms in total. The first-order valence-corrected chi connectivity index (χ1v) is 16.5. The summed E-state index contributed by atoms with van der Waals surface area (Å²) in [6.07, 6.45) is 0. The highest BCUT2D eigenvalue weighted by Gasteiger charge is 2.20. The second-order valence-corrected chi connectivity index (χ2v) is 12.5. The molecule has 10 aromatic rings. The molecule has 0 amide bonds. The minimum atomic E-state index is 0. The maximum absolute atomic E-state index is 2.43. The van der Waals surface area contributed by atoms with Gasteiger partial charge in [-0.3, -0.25) is 0 Å². The SMILES string of the molecule is C.c1ccc(-c2ccccc2-c2ccc(-n3c4ccccc4c4cc5c6c7ccccc7ccc6n(-c6ccccc6)c5cc43)cc2)cc1. The molecule has 10 rings (SSSR count). The van der Waals surface area contributed by atoms with Crippen LogP contribution in [-0.4, -0.2) is 9.13 Å². The third-order valence-corrected chi connectivity index (χ3v) is 9.91. The quantitative estimate of drug-likeness (QED) is 0.184. The molecule has 8 aromatic carbocycles. The van der Waals surface area contributed by atoms with Crippen LogP contribution < -0.4 is 0 Å². The van der Waals surface area contributed by atoms with E-state index >= 15 is 0 Å². The zero-order valence-electron chi connectivity index (χ0n) is 26.2. The summed E-state index contributed by atoms with van der Waals surface area (Å²) in [6, 6.07) is 66.1. The lowest BCUT2D eigenvalue weighted by Crippen LogP contribution is -1.96. The molecule has 232 valence electrons. The Morgan fingerprint density at radius 3 is 1.61 bits per heavy atom. The van der Waals surface area contributed by atoms with Crippen LogP contribution in [0.1, 0.15) is 7.43 Å². The average Bonchev–Trinajstić information content (AvgIpc) is 3.67. The maximum atomic E-state index is 2.43. The molecule has 0 radical (unpaired) electrons. The first-order valence-electron chi connectivity index (χ1n) is 16.5. The van der Waals surface area contributed by atoms with Gasteiger partial charge in [0.1, 0.15) is 0 Å². The number of benzene rings is 8. The van der Waals surface area contributed by atoms with E-state index in [0.29, 0.717) is 0 Å². The molecule has 2 heteroatoms. The number of para-hydroxylation sites is 2. The van der Waals surface area contributed by atoms with Crippen LogP contribution in [0.15, 0.2) is 182 Å². The molecule has 0 aliphatic rings. The number of fused-ring (bicyclic) bond motifs is 8. The topological polar surface area (TPSA) is 9.86 Å². The minimum Gasteiger partial charge on any atom is -0.309 e. The minimum absolute atomic E-state index is 0. The molecule has 0 aliphatic carbocycles. The summed E-state index contributed by atoms with van der Waals surface area (Å²) in [7, 11) is 0. The Labute approximate surface area is 285 Å². The molecule has 0 saturated heterocycles. The van der Waals surface area contributed by atoms with E-state index in [0.717, 1.165) is 11.4 Å². The van der Waals surface area contributed by atoms with Crippen LogP contribution in [0.4, 0.5) is 0 Å². The third-order valence-electron chi connectivity index (χ3n) is 9.91. The molecule has 0 saturated carbocycles. The van der Waals surface area contributed by atoms with Crippen molar-refractivity contribution in [3.63, 3.8) is 0 Å². The van der Waals surface area contributed by atoms with Gasteiger partial charge in [-0.1, -0.05) is 141 Å². The molecule has 0 N–H and O–H groups in total. The molecular weight excluding hydrogens is 593 g/mol. The van der Waals surface area contributed by atoms with Gasteiger partial charge in [-0.2, -0.15) is 0 Å². The standard InChI is InChI=1S/C46H30N2.CH4/c1-3-13-31(14-4-1)36-18-9-10-19-37(36)33-23-26-35(27-24-33)47-42-22-12-11-21-39(42)40-29-41-45(30-44(40)47)48(34-16-5-2-6-17-34)43-28-25-32-15-7-8-20-38(32)46(41)43;/h1-30H;1H4. The largest absolute Gasteiger partial charge is 0.309 e. The van der Waals surface area contributed by atoms with Crippen molar-refractivity contribution in [2.75, 3.05) is 0 Å². The summed E-state index contributed by atoms with van der Waals surface area (Å²) in [4.78, 5) is 0. The van der Waals surface area contributed by atoms with E-state index in [-0.39, 0.29) is 7.43 Å². The second kappa shape index (κ2) is 11.4. The van der Waals surface area contributed by atoms with Gasteiger partial charge in [-0.15, -0.1) is 0 Å². The molecule has 0 unspecified atom stereocenters. The lowest BCUT2D eigenvalue weighted by Gasteiger charge is -2.13. The van der Waals surface area contributed by atoms with Gasteiger partial charge in [-0.25, -0.2) is 0 Å². The van der Waals surface area contributed by atoms with E-state index in [1.807, 2.05) is 0 Å². The van der Waals surface area contributed by atoms with Gasteiger partial charge < -0.3 is 9.13 Å². The van der Waals surface area contributed by atoms with Crippen molar-refractivity contribution in [2.24, 2.45) is 0 Å². The summed E-state index contributed by atoms with van der Waals surface area (Å²) in [6.45, 7) is 0. The van der Waals surface area contributed by atoms with Crippen molar-refractivity contribution in [3.05, 3.63) is 182 Å². The highest BCUT2D eigenvalue weighted by Crippen LogP contribution is 2.42. The van der Waals surface area contributed by atoms with Gasteiger partial charge >= 0.3 is 0 Å². The van der Waals surface area contributed by atoms with Crippen molar-refractivity contribution >= 4 is 54.4 Å². The zero-order chi connectivity index (χ0) is 31.6. The van der Waals surface area contributed by atoms with Gasteiger partial charge in [0.15, 0.2) is 0 Å². The second-order valence-electron chi connectivity index (χ2n) is 12.5. The number of nitrogens with zero attached hydrogens (tertiary/aromatic N) is 2. The molecule has 2 aromatic heterocycles. The molecular formula is C47H34N2. The Balaban J connectivity index is 0.00000325. The lowest BCUT2D eigenvalue weighted by molar-refractivity contribution is 1.16. The summed E-state index contributed by atoms with van der Waals surface area (Å²) in [5, 5.41) is 7.63. The van der Waals surface area contributed by atoms with E-state index in [9.17, 15) is 0 Å². The van der Waals surface area contributed by atoms with E-state index < -0.39 is 0 Å². The van der Waals surface area contributed by atoms with Crippen molar-refractivity contribution < 1.29 is 0 Å². The smallest absolute Gasteiger partial charge is 0.0562 e. The molecule has 49 heavy (non-hydrogen) atoms. The maximum Gasteiger partial charge on any atom is 0.0562 e. The normalized spacial score (nSPS) is 11.5. The van der Waals surface area contributed by atoms with Crippen LogP contribution >= 0.6 is 0 Å². The predicted octanol–water partition coefficient (Wildman–Crippen LogP) is 13.0. The molecule has 0 bridgehead atoms. The van der Waals surface area contributed by atoms with Crippen LogP contribution in [0.25, 0.3) is 88.0 Å². The Morgan fingerprint density at radius 1 is 0.306 bits per heavy atom. The van der Waals surface area contributed by atoms with Crippen LogP contribution in [0, 0.1) is 0 Å². The number of rotatable bonds is 4. The monoisotopic (exact) mass is 626 g/mol. The highest BCUT2D eigenvalue weighted by molar-refractivity contribution is 6.25. The Hall–Kier alpha value is -6.38. The van der Waals surface area contributed by atoms with E-state index in [1.165, 1.54) is 76.6 Å². The Kier molecular flexibility index (Phi) is 6.70. The summed E-state index contributed by atoms with van der Waals surface area (Å²) in [5.41, 5.74) is 12.1. The summed E-state index contributed by atoms with van der Waals surface area (Å²) >= 11 is 0. The van der Waals surface area contributed by atoms with Crippen LogP contribution in [-0.2, 0) is 0 Å². The zero-order valence-corrected chi connectivity index (χ0v) is 26.2. The Morgan fingerprint density at radius 2 is 0.857 bits per heavy atom. The van der Waals surface area contributed by atoms with Crippen molar-refractivity contribution in [3.8, 4) is 33.6 Å². The van der Waals surface area contributed by atoms with Gasteiger partial charge in [0.05, 0.1) is 22.1 Å². The first-order chi connectivity index (χ1) is 23.8. The van der Waals surface area contributed by atoms with Gasteiger partial charge in [0, 0.05) is 32.9 Å². The molecule has 0 aliphatic heterocycles. The van der Waals surface area contributed by atoms with Crippen molar-refractivity contribution in [1.82, 2.24) is 9.13 Å². The number of hydrogen-bond donors (Lipinski definition) is 0. The average molecular weight is 627 g/mol. The number of hydrogen-bond acceptors (Lipinski definition) is 0. The van der Waals surface area contributed by atoms with Crippen LogP contribution in [0.5, 0.6) is 0 Å². The fourth-order valence-corrected chi connectivity index (χ4v) is 7.78.